The van der Waals surface area contributed by atoms with Crippen molar-refractivity contribution in [3.05, 3.63) is 17.5 Å². The number of aromatic nitrogens is 1. The molecule has 156 valence electrons. The number of nitrogens with zero attached hydrogens (tertiary/aromatic N) is 3. The largest absolute Gasteiger partial charge is 0.387 e. The highest BCUT2D eigenvalue weighted by molar-refractivity contribution is 14.0. The van der Waals surface area contributed by atoms with Crippen LogP contribution in [-0.4, -0.2) is 72.7 Å². The molecule has 2 heterocycles. The van der Waals surface area contributed by atoms with E-state index < -0.39 is 5.60 Å². The average molecular weight is 495 g/mol. The van der Waals surface area contributed by atoms with Crippen molar-refractivity contribution in [2.45, 2.75) is 45.8 Å². The molecular formula is C18H34IN5O3. The Balaban J connectivity index is 0.00000364. The Bertz CT molecular complexity index is 571. The molecule has 0 aromatic carbocycles. The van der Waals surface area contributed by atoms with Gasteiger partial charge in [-0.1, -0.05) is 19.0 Å². The van der Waals surface area contributed by atoms with Crippen molar-refractivity contribution in [2.24, 2.45) is 4.99 Å². The van der Waals surface area contributed by atoms with Crippen molar-refractivity contribution in [2.75, 3.05) is 45.9 Å². The number of β-amino-alcohol motifs (C(OH)–C–C–N with tert-alkyl or cyclic N) is 1. The predicted molar refractivity (Wildman–Crippen MR) is 117 cm³/mol. The van der Waals surface area contributed by atoms with Gasteiger partial charge in [0.05, 0.1) is 24.5 Å². The van der Waals surface area contributed by atoms with E-state index in [-0.39, 0.29) is 24.0 Å². The Kier molecular flexibility index (Phi) is 10.6. The van der Waals surface area contributed by atoms with Crippen LogP contribution in [0.25, 0.3) is 0 Å². The second-order valence-electron chi connectivity index (χ2n) is 7.31. The van der Waals surface area contributed by atoms with E-state index in [4.69, 9.17) is 9.26 Å². The fourth-order valence-electron chi connectivity index (χ4n) is 2.75. The highest BCUT2D eigenvalue weighted by atomic mass is 127. The lowest BCUT2D eigenvalue weighted by molar-refractivity contribution is -0.0201. The van der Waals surface area contributed by atoms with Gasteiger partial charge in [-0.15, -0.1) is 24.0 Å². The van der Waals surface area contributed by atoms with Crippen LogP contribution in [0, 0.1) is 0 Å². The molecule has 1 fully saturated rings. The van der Waals surface area contributed by atoms with Gasteiger partial charge in [0.1, 0.15) is 6.54 Å². The van der Waals surface area contributed by atoms with Crippen LogP contribution < -0.4 is 10.6 Å². The maximum Gasteiger partial charge on any atom is 0.191 e. The fraction of sp³-hybridized carbons (Fsp3) is 0.778. The standard InChI is InChI=1S/C18H33N5O3.HI/c1-5-19-17(20-11-15-10-16(14(2)3)22-26-15)21-12-18(4,24)13-23-6-8-25-9-7-23;/h10,14,24H,5-9,11-13H2,1-4H3,(H2,19,20,21);1H. The van der Waals surface area contributed by atoms with Gasteiger partial charge in [0.25, 0.3) is 0 Å². The summed E-state index contributed by atoms with van der Waals surface area (Å²) in [6.07, 6.45) is 0. The summed E-state index contributed by atoms with van der Waals surface area (Å²) in [4.78, 5) is 6.74. The van der Waals surface area contributed by atoms with Crippen LogP contribution in [0.3, 0.4) is 0 Å². The molecule has 0 aliphatic carbocycles. The first kappa shape index (κ1) is 24.1. The van der Waals surface area contributed by atoms with Crippen LogP contribution in [0.4, 0.5) is 0 Å². The monoisotopic (exact) mass is 495 g/mol. The highest BCUT2D eigenvalue weighted by Gasteiger charge is 2.25. The number of hydrogen-bond acceptors (Lipinski definition) is 6. The zero-order valence-electron chi connectivity index (χ0n) is 16.8. The van der Waals surface area contributed by atoms with E-state index >= 15 is 0 Å². The molecule has 27 heavy (non-hydrogen) atoms. The molecule has 0 amide bonds. The van der Waals surface area contributed by atoms with Crippen LogP contribution in [0.5, 0.6) is 0 Å². The number of ether oxygens (including phenoxy) is 1. The van der Waals surface area contributed by atoms with Gasteiger partial charge < -0.3 is 25.0 Å². The van der Waals surface area contributed by atoms with Gasteiger partial charge in [0, 0.05) is 38.8 Å². The van der Waals surface area contributed by atoms with Gasteiger partial charge >= 0.3 is 0 Å². The summed E-state index contributed by atoms with van der Waals surface area (Å²) < 4.78 is 10.7. The first-order valence-electron chi connectivity index (χ1n) is 9.40. The zero-order chi connectivity index (χ0) is 19.0. The Morgan fingerprint density at radius 1 is 1.37 bits per heavy atom. The minimum absolute atomic E-state index is 0. The molecule has 0 bridgehead atoms. The lowest BCUT2D eigenvalue weighted by Crippen LogP contribution is -2.52. The molecule has 1 unspecified atom stereocenters. The summed E-state index contributed by atoms with van der Waals surface area (Å²) in [5.41, 5.74) is 0.0755. The molecule has 1 atom stereocenters. The third-order valence-electron chi connectivity index (χ3n) is 4.21. The molecule has 1 aliphatic heterocycles. The number of aliphatic hydroxyl groups is 1. The lowest BCUT2D eigenvalue weighted by Gasteiger charge is -2.34. The van der Waals surface area contributed by atoms with E-state index in [0.717, 1.165) is 44.3 Å². The Labute approximate surface area is 179 Å². The van der Waals surface area contributed by atoms with Gasteiger partial charge in [-0.25, -0.2) is 4.99 Å². The maximum atomic E-state index is 10.7. The summed E-state index contributed by atoms with van der Waals surface area (Å²) in [5.74, 6) is 1.71. The minimum Gasteiger partial charge on any atom is -0.387 e. The van der Waals surface area contributed by atoms with Crippen LogP contribution in [0.15, 0.2) is 15.6 Å². The molecule has 8 nitrogen and oxygen atoms in total. The maximum absolute atomic E-state index is 10.7. The van der Waals surface area contributed by atoms with Gasteiger partial charge in [0.2, 0.25) is 0 Å². The number of morpholine rings is 1. The van der Waals surface area contributed by atoms with Gasteiger partial charge in [-0.3, -0.25) is 4.90 Å². The first-order chi connectivity index (χ1) is 12.4. The van der Waals surface area contributed by atoms with E-state index in [1.54, 1.807) is 0 Å². The normalized spacial score (nSPS) is 18.1. The van der Waals surface area contributed by atoms with Crippen molar-refractivity contribution in [1.82, 2.24) is 20.7 Å². The predicted octanol–water partition coefficient (Wildman–Crippen LogP) is 1.55. The molecule has 0 saturated carbocycles. The highest BCUT2D eigenvalue weighted by Crippen LogP contribution is 2.14. The second kappa shape index (κ2) is 11.8. The quantitative estimate of drug-likeness (QED) is 0.286. The van der Waals surface area contributed by atoms with E-state index in [2.05, 4.69) is 39.5 Å². The van der Waals surface area contributed by atoms with E-state index in [1.807, 2.05) is 19.9 Å². The summed E-state index contributed by atoms with van der Waals surface area (Å²) in [6.45, 7) is 13.3. The second-order valence-corrected chi connectivity index (χ2v) is 7.31. The first-order valence-corrected chi connectivity index (χ1v) is 9.40. The molecule has 0 spiro atoms. The summed E-state index contributed by atoms with van der Waals surface area (Å²) in [5, 5.41) is 21.1. The molecule has 9 heteroatoms. The number of aliphatic imine (C=N–C) groups is 1. The number of nitrogens with one attached hydrogen (secondary N) is 2. The van der Waals surface area contributed by atoms with Crippen molar-refractivity contribution in [1.29, 1.82) is 0 Å². The van der Waals surface area contributed by atoms with Crippen LogP contribution in [-0.2, 0) is 11.3 Å². The smallest absolute Gasteiger partial charge is 0.191 e. The molecule has 0 radical (unpaired) electrons. The number of rotatable bonds is 8. The molecule has 2 rings (SSSR count). The van der Waals surface area contributed by atoms with Crippen LogP contribution in [0.1, 0.15) is 45.1 Å². The Morgan fingerprint density at radius 3 is 2.67 bits per heavy atom. The summed E-state index contributed by atoms with van der Waals surface area (Å²) in [7, 11) is 0. The van der Waals surface area contributed by atoms with Gasteiger partial charge in [0.15, 0.2) is 11.7 Å². The molecule has 1 saturated heterocycles. The lowest BCUT2D eigenvalue weighted by atomic mass is 10.1. The number of hydrogen-bond donors (Lipinski definition) is 3. The zero-order valence-corrected chi connectivity index (χ0v) is 19.2. The van der Waals surface area contributed by atoms with Crippen LogP contribution in [0.2, 0.25) is 0 Å². The third kappa shape index (κ3) is 8.75. The number of halogens is 1. The Hall–Kier alpha value is -0.910. The fourth-order valence-corrected chi connectivity index (χ4v) is 2.75. The minimum atomic E-state index is -0.857. The topological polar surface area (TPSA) is 95.2 Å². The molecule has 1 aliphatic rings. The molecule has 1 aromatic rings. The molecule has 1 aromatic heterocycles. The average Bonchev–Trinajstić information content (AvgIpc) is 3.07. The van der Waals surface area contributed by atoms with Crippen molar-refractivity contribution in [3.8, 4) is 0 Å². The van der Waals surface area contributed by atoms with E-state index in [9.17, 15) is 5.11 Å². The SMILES string of the molecule is CCNC(=NCc1cc(C(C)C)no1)NCC(C)(O)CN1CCOCC1.I. The van der Waals surface area contributed by atoms with E-state index in [1.165, 1.54) is 0 Å². The van der Waals surface area contributed by atoms with Gasteiger partial charge in [-0.05, 0) is 19.8 Å². The van der Waals surface area contributed by atoms with E-state index in [0.29, 0.717) is 31.5 Å². The van der Waals surface area contributed by atoms with Crippen molar-refractivity contribution in [3.63, 3.8) is 0 Å². The summed E-state index contributed by atoms with van der Waals surface area (Å²) in [6, 6.07) is 1.94. The number of guanidine groups is 1. The Morgan fingerprint density at radius 2 is 2.07 bits per heavy atom. The van der Waals surface area contributed by atoms with Crippen molar-refractivity contribution >= 4 is 29.9 Å². The van der Waals surface area contributed by atoms with Crippen LogP contribution >= 0.6 is 24.0 Å². The van der Waals surface area contributed by atoms with Gasteiger partial charge in [-0.2, -0.15) is 0 Å². The molecular weight excluding hydrogens is 461 g/mol. The third-order valence-corrected chi connectivity index (χ3v) is 4.21. The molecule has 3 N–H and O–H groups in total. The van der Waals surface area contributed by atoms with Crippen molar-refractivity contribution < 1.29 is 14.4 Å². The summed E-state index contributed by atoms with van der Waals surface area (Å²) >= 11 is 0.